The standard InChI is InChI=1S/C30H33N3O6/c1-20(30(38)39-19-24-11-7-4-8-12-24)31-28(36)27(17-22-9-5-3-6-10-22)33-29(37)26(32-21(2)34)18-23-13-15-25(35)16-14-23/h3-16,20,26-27,35H,17-19H2,1-2H3,(H,31,36)(H,32,34)(H,33,37). The monoisotopic (exact) mass is 531 g/mol. The first-order chi connectivity index (χ1) is 18.7. The Balaban J connectivity index is 1.70. The van der Waals surface area contributed by atoms with Crippen LogP contribution in [-0.2, 0) is 43.4 Å². The van der Waals surface area contributed by atoms with Gasteiger partial charge in [0, 0.05) is 19.8 Å². The van der Waals surface area contributed by atoms with Crippen LogP contribution in [0.15, 0.2) is 84.9 Å². The zero-order valence-electron chi connectivity index (χ0n) is 21.9. The second-order valence-electron chi connectivity index (χ2n) is 9.20. The first-order valence-corrected chi connectivity index (χ1v) is 12.6. The van der Waals surface area contributed by atoms with Crippen LogP contribution in [0.4, 0.5) is 0 Å². The van der Waals surface area contributed by atoms with Crippen molar-refractivity contribution in [3.63, 3.8) is 0 Å². The quantitative estimate of drug-likeness (QED) is 0.265. The molecule has 3 aromatic rings. The van der Waals surface area contributed by atoms with Gasteiger partial charge in [-0.15, -0.1) is 0 Å². The highest BCUT2D eigenvalue weighted by molar-refractivity contribution is 5.93. The van der Waals surface area contributed by atoms with E-state index < -0.39 is 41.8 Å². The number of nitrogens with one attached hydrogen (secondary N) is 3. The molecule has 0 aromatic heterocycles. The molecule has 3 atom stereocenters. The third-order valence-electron chi connectivity index (χ3n) is 5.92. The fourth-order valence-corrected chi connectivity index (χ4v) is 3.88. The second kappa shape index (κ2) is 14.3. The molecule has 0 heterocycles. The molecule has 4 N–H and O–H groups in total. The summed E-state index contributed by atoms with van der Waals surface area (Å²) in [6, 6.07) is 21.6. The van der Waals surface area contributed by atoms with E-state index in [9.17, 15) is 24.3 Å². The van der Waals surface area contributed by atoms with Gasteiger partial charge in [-0.1, -0.05) is 72.8 Å². The Labute approximate surface area is 227 Å². The fraction of sp³-hybridized carbons (Fsp3) is 0.267. The van der Waals surface area contributed by atoms with Gasteiger partial charge in [0.15, 0.2) is 0 Å². The molecule has 0 saturated carbocycles. The summed E-state index contributed by atoms with van der Waals surface area (Å²) in [6.07, 6.45) is 0.309. The number of amides is 3. The molecular formula is C30H33N3O6. The molecule has 204 valence electrons. The lowest BCUT2D eigenvalue weighted by Crippen LogP contribution is -2.56. The molecule has 3 aromatic carbocycles. The summed E-state index contributed by atoms with van der Waals surface area (Å²) in [6.45, 7) is 2.88. The number of phenols is 1. The Hall–Kier alpha value is -4.66. The average molecular weight is 532 g/mol. The summed E-state index contributed by atoms with van der Waals surface area (Å²) in [4.78, 5) is 50.9. The number of aromatic hydroxyl groups is 1. The van der Waals surface area contributed by atoms with Gasteiger partial charge < -0.3 is 25.8 Å². The summed E-state index contributed by atoms with van der Waals surface area (Å²) in [5.74, 6) is -2.07. The normalized spacial score (nSPS) is 12.9. The molecule has 0 radical (unpaired) electrons. The molecule has 3 amide bonds. The molecule has 0 bridgehead atoms. The minimum absolute atomic E-state index is 0.0692. The van der Waals surface area contributed by atoms with Gasteiger partial charge in [0.25, 0.3) is 0 Å². The lowest BCUT2D eigenvalue weighted by Gasteiger charge is -2.24. The van der Waals surface area contributed by atoms with E-state index in [1.54, 1.807) is 12.1 Å². The zero-order chi connectivity index (χ0) is 28.2. The Morgan fingerprint density at radius 3 is 1.74 bits per heavy atom. The molecule has 9 heteroatoms. The molecule has 0 aliphatic carbocycles. The second-order valence-corrected chi connectivity index (χ2v) is 9.20. The first kappa shape index (κ1) is 28.9. The van der Waals surface area contributed by atoms with Crippen LogP contribution in [-0.4, -0.2) is 46.9 Å². The van der Waals surface area contributed by atoms with Crippen molar-refractivity contribution in [3.8, 4) is 5.75 Å². The summed E-state index contributed by atoms with van der Waals surface area (Å²) >= 11 is 0. The first-order valence-electron chi connectivity index (χ1n) is 12.6. The van der Waals surface area contributed by atoms with Gasteiger partial charge >= 0.3 is 5.97 Å². The number of phenolic OH excluding ortho intramolecular Hbond substituents is 1. The number of carbonyl (C=O) groups excluding carboxylic acids is 4. The Morgan fingerprint density at radius 2 is 1.18 bits per heavy atom. The maximum absolute atomic E-state index is 13.3. The molecular weight excluding hydrogens is 498 g/mol. The summed E-state index contributed by atoms with van der Waals surface area (Å²) in [7, 11) is 0. The van der Waals surface area contributed by atoms with E-state index in [4.69, 9.17) is 4.74 Å². The van der Waals surface area contributed by atoms with Crippen LogP contribution in [0.1, 0.15) is 30.5 Å². The molecule has 0 fully saturated rings. The van der Waals surface area contributed by atoms with Crippen LogP contribution in [0.3, 0.4) is 0 Å². The van der Waals surface area contributed by atoms with Gasteiger partial charge in [-0.2, -0.15) is 0 Å². The molecule has 3 rings (SSSR count). The Morgan fingerprint density at radius 1 is 0.692 bits per heavy atom. The number of ether oxygens (including phenoxy) is 1. The van der Waals surface area contributed by atoms with E-state index in [0.717, 1.165) is 11.1 Å². The number of esters is 1. The smallest absolute Gasteiger partial charge is 0.328 e. The van der Waals surface area contributed by atoms with Crippen molar-refractivity contribution in [2.75, 3.05) is 0 Å². The highest BCUT2D eigenvalue weighted by atomic mass is 16.5. The van der Waals surface area contributed by atoms with Crippen molar-refractivity contribution >= 4 is 23.7 Å². The number of carbonyl (C=O) groups is 4. The van der Waals surface area contributed by atoms with Crippen LogP contribution in [0.25, 0.3) is 0 Å². The minimum Gasteiger partial charge on any atom is -0.508 e. The van der Waals surface area contributed by atoms with Crippen molar-refractivity contribution in [3.05, 3.63) is 102 Å². The molecule has 39 heavy (non-hydrogen) atoms. The minimum atomic E-state index is -1.03. The van der Waals surface area contributed by atoms with Gasteiger partial charge in [0.1, 0.15) is 30.5 Å². The van der Waals surface area contributed by atoms with Gasteiger partial charge in [-0.3, -0.25) is 14.4 Å². The molecule has 3 unspecified atom stereocenters. The van der Waals surface area contributed by atoms with Crippen molar-refractivity contribution in [2.24, 2.45) is 0 Å². The van der Waals surface area contributed by atoms with Crippen LogP contribution in [0.5, 0.6) is 5.75 Å². The summed E-state index contributed by atoms with van der Waals surface area (Å²) < 4.78 is 5.32. The van der Waals surface area contributed by atoms with Crippen LogP contribution >= 0.6 is 0 Å². The zero-order valence-corrected chi connectivity index (χ0v) is 21.9. The van der Waals surface area contributed by atoms with Crippen LogP contribution in [0.2, 0.25) is 0 Å². The lowest BCUT2D eigenvalue weighted by molar-refractivity contribution is -0.148. The van der Waals surface area contributed by atoms with Crippen LogP contribution in [0, 0.1) is 0 Å². The third kappa shape index (κ3) is 9.62. The summed E-state index contributed by atoms with van der Waals surface area (Å²) in [5.41, 5.74) is 2.32. The number of hydrogen-bond donors (Lipinski definition) is 4. The predicted molar refractivity (Wildman–Crippen MR) is 145 cm³/mol. The van der Waals surface area contributed by atoms with Crippen LogP contribution < -0.4 is 16.0 Å². The van der Waals surface area contributed by atoms with Crippen molar-refractivity contribution in [2.45, 2.75) is 51.4 Å². The predicted octanol–water partition coefficient (Wildman–Crippen LogP) is 2.42. The fourth-order valence-electron chi connectivity index (χ4n) is 3.88. The highest BCUT2D eigenvalue weighted by Crippen LogP contribution is 2.12. The maximum atomic E-state index is 13.3. The van der Waals surface area contributed by atoms with E-state index in [1.807, 2.05) is 60.7 Å². The van der Waals surface area contributed by atoms with Gasteiger partial charge in [-0.25, -0.2) is 4.79 Å². The van der Waals surface area contributed by atoms with Gasteiger partial charge in [0.05, 0.1) is 0 Å². The Kier molecular flexibility index (Phi) is 10.6. The van der Waals surface area contributed by atoms with Gasteiger partial charge in [0.2, 0.25) is 17.7 Å². The number of benzene rings is 3. The van der Waals surface area contributed by atoms with Crippen molar-refractivity contribution in [1.29, 1.82) is 0 Å². The van der Waals surface area contributed by atoms with Crippen molar-refractivity contribution in [1.82, 2.24) is 16.0 Å². The average Bonchev–Trinajstić information content (AvgIpc) is 2.93. The number of hydrogen-bond acceptors (Lipinski definition) is 6. The molecule has 0 aliphatic rings. The maximum Gasteiger partial charge on any atom is 0.328 e. The summed E-state index contributed by atoms with van der Waals surface area (Å²) in [5, 5.41) is 17.5. The van der Waals surface area contributed by atoms with E-state index in [2.05, 4.69) is 16.0 Å². The molecule has 0 saturated heterocycles. The van der Waals surface area contributed by atoms with Gasteiger partial charge in [-0.05, 0) is 35.7 Å². The lowest BCUT2D eigenvalue weighted by atomic mass is 10.0. The number of rotatable bonds is 12. The molecule has 0 spiro atoms. The topological polar surface area (TPSA) is 134 Å². The van der Waals surface area contributed by atoms with E-state index >= 15 is 0 Å². The molecule has 0 aliphatic heterocycles. The molecule has 9 nitrogen and oxygen atoms in total. The largest absolute Gasteiger partial charge is 0.508 e. The van der Waals surface area contributed by atoms with E-state index in [1.165, 1.54) is 26.0 Å². The SMILES string of the molecule is CC(=O)NC(Cc1ccc(O)cc1)C(=O)NC(Cc1ccccc1)C(=O)NC(C)C(=O)OCc1ccccc1. The van der Waals surface area contributed by atoms with Crippen molar-refractivity contribution < 1.29 is 29.0 Å². The third-order valence-corrected chi connectivity index (χ3v) is 5.92. The highest BCUT2D eigenvalue weighted by Gasteiger charge is 2.29. The van der Waals surface area contributed by atoms with E-state index in [0.29, 0.717) is 5.56 Å². The Bertz CT molecular complexity index is 1250. The van der Waals surface area contributed by atoms with E-state index in [-0.39, 0.29) is 25.2 Å².